The first-order valence-corrected chi connectivity index (χ1v) is 8.77. The topological polar surface area (TPSA) is 39.1 Å². The van der Waals surface area contributed by atoms with E-state index >= 15 is 0 Å². The Labute approximate surface area is 142 Å². The van der Waals surface area contributed by atoms with E-state index in [4.69, 9.17) is 21.4 Å². The minimum absolute atomic E-state index is 0.677. The van der Waals surface area contributed by atoms with Crippen LogP contribution < -0.4 is 10.1 Å². The second kappa shape index (κ2) is 7.84. The van der Waals surface area contributed by atoms with Crippen molar-refractivity contribution in [2.75, 3.05) is 7.05 Å². The van der Waals surface area contributed by atoms with Crippen LogP contribution in [0.2, 0.25) is 5.02 Å². The van der Waals surface area contributed by atoms with Crippen LogP contribution in [0.4, 0.5) is 0 Å². The Morgan fingerprint density at radius 2 is 2.09 bits per heavy atom. The highest BCUT2D eigenvalue weighted by atomic mass is 35.5. The minimum Gasteiger partial charge on any atom is -0.439 e. The molecule has 1 fully saturated rings. The van der Waals surface area contributed by atoms with E-state index in [2.05, 4.69) is 5.32 Å². The first kappa shape index (κ1) is 16.3. The molecule has 1 N–H and O–H groups in total. The van der Waals surface area contributed by atoms with Crippen LogP contribution in [-0.2, 0) is 13.1 Å². The fourth-order valence-electron chi connectivity index (χ4n) is 3.20. The number of nitrogens with one attached hydrogen (secondary N) is 1. The summed E-state index contributed by atoms with van der Waals surface area (Å²) in [6.07, 6.45) is 6.61. The summed E-state index contributed by atoms with van der Waals surface area (Å²) in [4.78, 5) is 0. The summed E-state index contributed by atoms with van der Waals surface area (Å²) in [7, 11) is 1.93. The van der Waals surface area contributed by atoms with Gasteiger partial charge in [0.1, 0.15) is 5.75 Å². The molecule has 1 aromatic carbocycles. The molecular formula is C18H24ClN3O. The van der Waals surface area contributed by atoms with Crippen molar-refractivity contribution in [2.24, 2.45) is 5.92 Å². The molecule has 0 spiro atoms. The summed E-state index contributed by atoms with van der Waals surface area (Å²) >= 11 is 6.05. The van der Waals surface area contributed by atoms with E-state index in [9.17, 15) is 0 Å². The fourth-order valence-corrected chi connectivity index (χ4v) is 3.38. The average molecular weight is 334 g/mol. The predicted molar refractivity (Wildman–Crippen MR) is 93.1 cm³/mol. The minimum atomic E-state index is 0.677. The van der Waals surface area contributed by atoms with E-state index in [0.29, 0.717) is 10.9 Å². The molecule has 0 amide bonds. The first-order valence-electron chi connectivity index (χ1n) is 8.39. The fraction of sp³-hybridized carbons (Fsp3) is 0.500. The molecule has 0 atom stereocenters. The Bertz CT molecular complexity index is 635. The van der Waals surface area contributed by atoms with Gasteiger partial charge in [-0.25, -0.2) is 4.68 Å². The molecule has 1 heterocycles. The van der Waals surface area contributed by atoms with Gasteiger partial charge in [0.05, 0.1) is 5.69 Å². The normalized spacial score (nSPS) is 15.7. The Morgan fingerprint density at radius 1 is 1.26 bits per heavy atom. The molecule has 4 nitrogen and oxygen atoms in total. The predicted octanol–water partition coefficient (Wildman–Crippen LogP) is 4.63. The van der Waals surface area contributed by atoms with Crippen molar-refractivity contribution in [2.45, 2.75) is 45.2 Å². The van der Waals surface area contributed by atoms with E-state index in [1.807, 2.05) is 42.1 Å². The zero-order chi connectivity index (χ0) is 16.1. The molecule has 5 heteroatoms. The summed E-state index contributed by atoms with van der Waals surface area (Å²) in [6.45, 7) is 1.67. The lowest BCUT2D eigenvalue weighted by Crippen LogP contribution is -2.16. The summed E-state index contributed by atoms with van der Waals surface area (Å²) in [5.74, 6) is 2.24. The average Bonchev–Trinajstić information content (AvgIpc) is 2.90. The lowest BCUT2D eigenvalue weighted by molar-refractivity contribution is 0.290. The van der Waals surface area contributed by atoms with Crippen LogP contribution in [0.25, 0.3) is 0 Å². The van der Waals surface area contributed by atoms with Crippen LogP contribution in [0.3, 0.4) is 0 Å². The largest absolute Gasteiger partial charge is 0.439 e. The second-order valence-electron chi connectivity index (χ2n) is 6.25. The number of hydrogen-bond donors (Lipinski definition) is 1. The third-order valence-electron chi connectivity index (χ3n) is 4.33. The zero-order valence-electron chi connectivity index (χ0n) is 13.6. The maximum absolute atomic E-state index is 6.05. The number of nitrogens with zero attached hydrogens (tertiary/aromatic N) is 2. The van der Waals surface area contributed by atoms with Gasteiger partial charge in [-0.15, -0.1) is 0 Å². The number of ether oxygens (including phenoxy) is 1. The number of rotatable bonds is 6. The van der Waals surface area contributed by atoms with Crippen molar-refractivity contribution in [3.05, 3.63) is 41.0 Å². The van der Waals surface area contributed by atoms with Crippen molar-refractivity contribution in [3.63, 3.8) is 0 Å². The molecule has 124 valence electrons. The molecule has 1 saturated carbocycles. The van der Waals surface area contributed by atoms with Crippen LogP contribution in [0.15, 0.2) is 30.3 Å². The molecule has 0 aliphatic heterocycles. The molecule has 0 radical (unpaired) electrons. The van der Waals surface area contributed by atoms with Gasteiger partial charge < -0.3 is 10.1 Å². The lowest BCUT2D eigenvalue weighted by Gasteiger charge is -2.22. The first-order chi connectivity index (χ1) is 11.2. The number of benzene rings is 1. The van der Waals surface area contributed by atoms with E-state index in [1.54, 1.807) is 0 Å². The summed E-state index contributed by atoms with van der Waals surface area (Å²) in [5, 5.41) is 8.53. The Balaban J connectivity index is 1.78. The van der Waals surface area contributed by atoms with Gasteiger partial charge in [0, 0.05) is 24.2 Å². The smallest absolute Gasteiger partial charge is 0.218 e. The third-order valence-corrected chi connectivity index (χ3v) is 4.56. The maximum atomic E-state index is 6.05. The number of aromatic nitrogens is 2. The van der Waals surface area contributed by atoms with Crippen LogP contribution in [-0.4, -0.2) is 16.8 Å². The highest BCUT2D eigenvalue weighted by molar-refractivity contribution is 6.30. The van der Waals surface area contributed by atoms with Crippen LogP contribution in [0, 0.1) is 5.92 Å². The Morgan fingerprint density at radius 3 is 2.83 bits per heavy atom. The van der Waals surface area contributed by atoms with Crippen LogP contribution >= 0.6 is 11.6 Å². The standard InChI is InChI=1S/C18H24ClN3O/c1-20-12-16-11-18(23-17-9-5-8-15(19)10-17)22(21-16)13-14-6-3-2-4-7-14/h5,8-11,14,20H,2-4,6-7,12-13H2,1H3. The van der Waals surface area contributed by atoms with Gasteiger partial charge in [0.2, 0.25) is 5.88 Å². The van der Waals surface area contributed by atoms with Crippen molar-refractivity contribution in [3.8, 4) is 11.6 Å². The van der Waals surface area contributed by atoms with Crippen LogP contribution in [0.1, 0.15) is 37.8 Å². The van der Waals surface area contributed by atoms with Gasteiger partial charge >= 0.3 is 0 Å². The summed E-state index contributed by atoms with van der Waals surface area (Å²) < 4.78 is 8.06. The summed E-state index contributed by atoms with van der Waals surface area (Å²) in [5.41, 5.74) is 1.00. The second-order valence-corrected chi connectivity index (χ2v) is 6.69. The monoisotopic (exact) mass is 333 g/mol. The van der Waals surface area contributed by atoms with Crippen LogP contribution in [0.5, 0.6) is 11.6 Å². The summed E-state index contributed by atoms with van der Waals surface area (Å²) in [6, 6.07) is 9.51. The van der Waals surface area contributed by atoms with Gasteiger partial charge in [-0.3, -0.25) is 0 Å². The van der Waals surface area contributed by atoms with Crippen molar-refractivity contribution in [1.29, 1.82) is 0 Å². The third kappa shape index (κ3) is 4.49. The molecular weight excluding hydrogens is 310 g/mol. The van der Waals surface area contributed by atoms with Crippen molar-refractivity contribution < 1.29 is 4.74 Å². The Kier molecular flexibility index (Phi) is 5.57. The molecule has 23 heavy (non-hydrogen) atoms. The number of hydrogen-bond acceptors (Lipinski definition) is 3. The molecule has 2 aromatic rings. The highest BCUT2D eigenvalue weighted by Gasteiger charge is 2.18. The van der Waals surface area contributed by atoms with Gasteiger partial charge in [-0.2, -0.15) is 5.10 Å². The van der Waals surface area contributed by atoms with Gasteiger partial charge in [0.15, 0.2) is 0 Å². The molecule has 1 aliphatic rings. The molecule has 0 saturated heterocycles. The lowest BCUT2D eigenvalue weighted by atomic mass is 9.89. The molecule has 1 aromatic heterocycles. The molecule has 1 aliphatic carbocycles. The highest BCUT2D eigenvalue weighted by Crippen LogP contribution is 2.29. The van der Waals surface area contributed by atoms with Crippen molar-refractivity contribution in [1.82, 2.24) is 15.1 Å². The SMILES string of the molecule is CNCc1cc(Oc2cccc(Cl)c2)n(CC2CCCCC2)n1. The number of halogens is 1. The maximum Gasteiger partial charge on any atom is 0.218 e. The van der Waals surface area contributed by atoms with Gasteiger partial charge in [-0.1, -0.05) is 36.9 Å². The van der Waals surface area contributed by atoms with E-state index in [1.165, 1.54) is 32.1 Å². The molecule has 0 unspecified atom stereocenters. The zero-order valence-corrected chi connectivity index (χ0v) is 14.4. The van der Waals surface area contributed by atoms with E-state index < -0.39 is 0 Å². The van der Waals surface area contributed by atoms with E-state index in [-0.39, 0.29) is 0 Å². The quantitative estimate of drug-likeness (QED) is 0.837. The Hall–Kier alpha value is -1.52. The molecule has 0 bridgehead atoms. The molecule has 3 rings (SSSR count). The van der Waals surface area contributed by atoms with Gasteiger partial charge in [-0.05, 0) is 44.0 Å². The van der Waals surface area contributed by atoms with Gasteiger partial charge in [0.25, 0.3) is 0 Å². The van der Waals surface area contributed by atoms with E-state index in [0.717, 1.165) is 30.4 Å². The van der Waals surface area contributed by atoms with Crippen molar-refractivity contribution >= 4 is 11.6 Å².